The molecule has 0 saturated heterocycles. The molecule has 0 fully saturated rings. The van der Waals surface area contributed by atoms with Crippen LogP contribution >= 0.6 is 23.3 Å². The van der Waals surface area contributed by atoms with Gasteiger partial charge in [-0.05, 0) is 111 Å². The van der Waals surface area contributed by atoms with E-state index >= 15 is 0 Å². The number of hydrogen-bond acceptors (Lipinski definition) is 6. The maximum Gasteiger partial charge on any atom is 0.315 e. The predicted octanol–water partition coefficient (Wildman–Crippen LogP) is 10.1. The zero-order chi connectivity index (χ0) is 32.7. The highest BCUT2D eigenvalue weighted by Gasteiger charge is 2.41. The standard InChI is InChI=1S/C36H45N3O3P3/c1-34(2,3)43(25-28-17-10-13-22-37-28)40-31-20-16-21-32(41-44(35(4,5)6)26-29-18-11-14-23-38-29)33(31)42-45(36(7,8)9)27-30-19-12-15-24-39-30/h10-27H,1-9H3/q+3. The largest absolute Gasteiger partial charge is 0.315 e. The van der Waals surface area contributed by atoms with Crippen molar-refractivity contribution in [3.63, 3.8) is 0 Å². The maximum absolute atomic E-state index is 7.05. The molecule has 0 aliphatic carbocycles. The Labute approximate surface area is 272 Å². The van der Waals surface area contributed by atoms with Gasteiger partial charge < -0.3 is 0 Å². The summed E-state index contributed by atoms with van der Waals surface area (Å²) in [6.45, 7) is 19.7. The Kier molecular flexibility index (Phi) is 11.3. The van der Waals surface area contributed by atoms with Gasteiger partial charge in [0.15, 0.2) is 32.9 Å². The lowest BCUT2D eigenvalue weighted by molar-refractivity contribution is 0.495. The molecular formula is C36H45N3O3P3+3. The first-order chi connectivity index (χ1) is 21.2. The van der Waals surface area contributed by atoms with Crippen LogP contribution < -0.4 is 13.6 Å². The molecule has 3 unspecified atom stereocenters. The van der Waals surface area contributed by atoms with Crippen LogP contribution in [-0.2, 0) is 0 Å². The molecule has 9 heteroatoms. The van der Waals surface area contributed by atoms with Crippen LogP contribution in [0.15, 0.2) is 91.4 Å². The van der Waals surface area contributed by atoms with Crippen molar-refractivity contribution in [2.45, 2.75) is 77.8 Å². The third-order valence-electron chi connectivity index (χ3n) is 6.32. The van der Waals surface area contributed by atoms with E-state index in [9.17, 15) is 0 Å². The van der Waals surface area contributed by atoms with Gasteiger partial charge in [0, 0.05) is 18.6 Å². The van der Waals surface area contributed by atoms with Gasteiger partial charge in [-0.15, -0.1) is 0 Å². The zero-order valence-electron chi connectivity index (χ0n) is 27.8. The highest BCUT2D eigenvalue weighted by atomic mass is 31.1. The third kappa shape index (κ3) is 10.3. The van der Waals surface area contributed by atoms with E-state index in [-0.39, 0.29) is 15.5 Å². The monoisotopic (exact) mass is 660 g/mol. The molecule has 0 bridgehead atoms. The average molecular weight is 661 g/mol. The van der Waals surface area contributed by atoms with Gasteiger partial charge in [0.2, 0.25) is 11.5 Å². The van der Waals surface area contributed by atoms with Crippen LogP contribution in [0.5, 0.6) is 17.2 Å². The summed E-state index contributed by atoms with van der Waals surface area (Å²) in [6.07, 6.45) is 5.42. The van der Waals surface area contributed by atoms with Crippen LogP contribution in [0.25, 0.3) is 0 Å². The molecule has 45 heavy (non-hydrogen) atoms. The molecule has 1 aromatic carbocycles. The molecular weight excluding hydrogens is 615 g/mol. The fourth-order valence-corrected chi connectivity index (χ4v) is 8.24. The Hall–Kier alpha value is -3.42. The van der Waals surface area contributed by atoms with Gasteiger partial charge in [-0.1, -0.05) is 24.3 Å². The van der Waals surface area contributed by atoms with E-state index in [0.717, 1.165) is 17.1 Å². The second-order valence-electron chi connectivity index (χ2n) is 13.5. The molecule has 0 aliphatic heterocycles. The molecule has 4 rings (SSSR count). The van der Waals surface area contributed by atoms with Crippen molar-refractivity contribution in [3.05, 3.63) is 108 Å². The molecule has 234 valence electrons. The van der Waals surface area contributed by atoms with E-state index in [4.69, 9.17) is 13.6 Å². The molecule has 0 saturated carbocycles. The average Bonchev–Trinajstić information content (AvgIpc) is 2.97. The van der Waals surface area contributed by atoms with Gasteiger partial charge in [0.1, 0.15) is 17.1 Å². The minimum atomic E-state index is -1.17. The maximum atomic E-state index is 7.05. The van der Waals surface area contributed by atoms with Crippen LogP contribution in [0.4, 0.5) is 0 Å². The number of pyridine rings is 3. The first kappa shape index (κ1) is 34.5. The van der Waals surface area contributed by atoms with Crippen molar-refractivity contribution in [2.75, 3.05) is 0 Å². The minimum absolute atomic E-state index is 0.166. The van der Waals surface area contributed by atoms with Crippen LogP contribution in [-0.4, -0.2) is 47.8 Å². The fraction of sp³-hybridized carbons (Fsp3) is 0.333. The lowest BCUT2D eigenvalue weighted by atomic mass is 10.3. The lowest BCUT2D eigenvalue weighted by Crippen LogP contribution is -2.15. The Morgan fingerprint density at radius 3 is 1.07 bits per heavy atom. The number of aromatic nitrogens is 3. The van der Waals surface area contributed by atoms with Gasteiger partial charge in [0.25, 0.3) is 5.75 Å². The summed E-state index contributed by atoms with van der Waals surface area (Å²) < 4.78 is 20.9. The Morgan fingerprint density at radius 2 is 0.778 bits per heavy atom. The molecule has 6 nitrogen and oxygen atoms in total. The van der Waals surface area contributed by atoms with Gasteiger partial charge in [-0.2, -0.15) is 0 Å². The molecule has 0 aliphatic rings. The van der Waals surface area contributed by atoms with Crippen molar-refractivity contribution in [1.82, 2.24) is 15.0 Å². The summed E-state index contributed by atoms with van der Waals surface area (Å²) in [6, 6.07) is 23.7. The lowest BCUT2D eigenvalue weighted by Gasteiger charge is -2.17. The van der Waals surface area contributed by atoms with Gasteiger partial charge in [-0.3, -0.25) is 28.5 Å². The molecule has 0 radical (unpaired) electrons. The summed E-state index contributed by atoms with van der Waals surface area (Å²) in [7, 11) is -3.40. The molecule has 0 amide bonds. The highest BCUT2D eigenvalue weighted by molar-refractivity contribution is 7.55. The summed E-state index contributed by atoms with van der Waals surface area (Å²) in [5.41, 5.74) is 2.64. The summed E-state index contributed by atoms with van der Waals surface area (Å²) in [4.78, 5) is 13.7. The first-order valence-corrected chi connectivity index (χ1v) is 19.0. The van der Waals surface area contributed by atoms with Crippen LogP contribution in [0.3, 0.4) is 0 Å². The topological polar surface area (TPSA) is 66.4 Å². The fourth-order valence-electron chi connectivity index (χ4n) is 3.83. The molecule has 0 spiro atoms. The quantitative estimate of drug-likeness (QED) is 0.167. The van der Waals surface area contributed by atoms with E-state index in [1.807, 2.05) is 91.4 Å². The summed E-state index contributed by atoms with van der Waals surface area (Å²) in [5.74, 6) is 8.30. The molecule has 3 heterocycles. The second kappa shape index (κ2) is 14.8. The minimum Gasteiger partial charge on any atom is -0.287 e. The third-order valence-corrected chi connectivity index (χ3v) is 13.0. The second-order valence-corrected chi connectivity index (χ2v) is 20.8. The number of rotatable bonds is 9. The van der Waals surface area contributed by atoms with Crippen molar-refractivity contribution in [1.29, 1.82) is 0 Å². The zero-order valence-corrected chi connectivity index (χ0v) is 30.5. The summed E-state index contributed by atoms with van der Waals surface area (Å²) >= 11 is 0. The SMILES string of the molecule is CC(C)(C)[P+](=Cc1ccccn1)Oc1cccc(O[P+](=Cc2ccccn2)C(C)(C)C)c1O[P+](=Cc1ccccn1)C(C)(C)C. The van der Waals surface area contributed by atoms with Crippen LogP contribution in [0, 0.1) is 0 Å². The van der Waals surface area contributed by atoms with Gasteiger partial charge in [-0.25, -0.2) is 0 Å². The number of benzene rings is 1. The Morgan fingerprint density at radius 1 is 0.444 bits per heavy atom. The van der Waals surface area contributed by atoms with Gasteiger partial charge in [0.05, 0.1) is 0 Å². The normalized spacial score (nSPS) is 13.4. The molecule has 0 N–H and O–H groups in total. The number of para-hydroxylation sites is 1. The first-order valence-electron chi connectivity index (χ1n) is 15.0. The van der Waals surface area contributed by atoms with E-state index < -0.39 is 23.3 Å². The highest BCUT2D eigenvalue weighted by Crippen LogP contribution is 2.54. The van der Waals surface area contributed by atoms with E-state index in [1.54, 1.807) is 0 Å². The van der Waals surface area contributed by atoms with E-state index in [1.165, 1.54) is 0 Å². The van der Waals surface area contributed by atoms with Gasteiger partial charge >= 0.3 is 23.3 Å². The van der Waals surface area contributed by atoms with Crippen molar-refractivity contribution < 1.29 is 13.6 Å². The molecule has 3 atom stereocenters. The Balaban J connectivity index is 1.89. The van der Waals surface area contributed by atoms with E-state index in [2.05, 4.69) is 94.7 Å². The number of hydrogen-bond donors (Lipinski definition) is 0. The van der Waals surface area contributed by atoms with Crippen molar-refractivity contribution in [3.8, 4) is 17.2 Å². The van der Waals surface area contributed by atoms with Crippen LogP contribution in [0.1, 0.15) is 79.4 Å². The summed E-state index contributed by atoms with van der Waals surface area (Å²) in [5, 5.41) is -0.526. The smallest absolute Gasteiger partial charge is 0.287 e. The van der Waals surface area contributed by atoms with Crippen LogP contribution in [0.2, 0.25) is 0 Å². The number of nitrogens with zero attached hydrogens (tertiary/aromatic N) is 3. The Bertz CT molecular complexity index is 1570. The van der Waals surface area contributed by atoms with E-state index in [0.29, 0.717) is 17.2 Å². The van der Waals surface area contributed by atoms with Crippen molar-refractivity contribution in [2.24, 2.45) is 0 Å². The molecule has 4 aromatic rings. The predicted molar refractivity (Wildman–Crippen MR) is 197 cm³/mol. The van der Waals surface area contributed by atoms with Crippen molar-refractivity contribution >= 4 is 40.7 Å². The molecule has 3 aromatic heterocycles.